The molecule has 0 aliphatic rings. The quantitative estimate of drug-likeness (QED) is 0.754. The van der Waals surface area contributed by atoms with E-state index in [1.807, 2.05) is 0 Å². The van der Waals surface area contributed by atoms with Crippen molar-refractivity contribution in [3.05, 3.63) is 35.4 Å². The first-order chi connectivity index (χ1) is 9.60. The van der Waals surface area contributed by atoms with Crippen molar-refractivity contribution in [3.63, 3.8) is 0 Å². The van der Waals surface area contributed by atoms with E-state index in [0.717, 1.165) is 18.7 Å². The predicted molar refractivity (Wildman–Crippen MR) is 78.1 cm³/mol. The lowest BCUT2D eigenvalue weighted by Gasteiger charge is -2.24. The van der Waals surface area contributed by atoms with E-state index in [1.165, 1.54) is 6.07 Å². The highest BCUT2D eigenvalue weighted by Crippen LogP contribution is 2.30. The number of rotatable bonds is 7. The van der Waals surface area contributed by atoms with Crippen molar-refractivity contribution < 1.29 is 18.3 Å². The number of nitrogens with one attached hydrogen (secondary N) is 1. The number of hydrogen-bond donors (Lipinski definition) is 2. The normalized spacial score (nSPS) is 15.2. The molecular formula is C16H24F3NO. The van der Waals surface area contributed by atoms with Crippen LogP contribution in [0.15, 0.2) is 24.3 Å². The van der Waals surface area contributed by atoms with Gasteiger partial charge < -0.3 is 10.4 Å². The molecule has 21 heavy (non-hydrogen) atoms. The Morgan fingerprint density at radius 3 is 2.48 bits per heavy atom. The molecule has 2 N–H and O–H groups in total. The molecule has 1 unspecified atom stereocenters. The summed E-state index contributed by atoms with van der Waals surface area (Å²) in [5, 5.41) is 13.5. The summed E-state index contributed by atoms with van der Waals surface area (Å²) in [5.74, 6) is 0.526. The molecule has 0 heterocycles. The van der Waals surface area contributed by atoms with Gasteiger partial charge in [-0.15, -0.1) is 0 Å². The predicted octanol–water partition coefficient (Wildman–Crippen LogP) is 3.63. The average molecular weight is 303 g/mol. The molecule has 1 aromatic rings. The van der Waals surface area contributed by atoms with E-state index in [0.29, 0.717) is 24.4 Å². The van der Waals surface area contributed by atoms with Gasteiger partial charge in [0.25, 0.3) is 0 Å². The Morgan fingerprint density at radius 2 is 1.90 bits per heavy atom. The SMILES string of the molecule is CC(C)CNCCC(C)(O)Cc1cccc(C(F)(F)F)c1. The van der Waals surface area contributed by atoms with Gasteiger partial charge in [0.1, 0.15) is 0 Å². The molecule has 0 amide bonds. The lowest BCUT2D eigenvalue weighted by Crippen LogP contribution is -2.33. The summed E-state index contributed by atoms with van der Waals surface area (Å²) in [4.78, 5) is 0. The van der Waals surface area contributed by atoms with Crippen molar-refractivity contribution in [1.82, 2.24) is 5.32 Å². The fraction of sp³-hybridized carbons (Fsp3) is 0.625. The Labute approximate surface area is 124 Å². The zero-order valence-electron chi connectivity index (χ0n) is 12.8. The van der Waals surface area contributed by atoms with Gasteiger partial charge in [-0.2, -0.15) is 13.2 Å². The first kappa shape index (κ1) is 18.0. The topological polar surface area (TPSA) is 32.3 Å². The van der Waals surface area contributed by atoms with Crippen molar-refractivity contribution in [1.29, 1.82) is 0 Å². The van der Waals surface area contributed by atoms with Gasteiger partial charge in [0.15, 0.2) is 0 Å². The highest BCUT2D eigenvalue weighted by Gasteiger charge is 2.31. The maximum atomic E-state index is 12.7. The van der Waals surface area contributed by atoms with Crippen LogP contribution in [0.4, 0.5) is 13.2 Å². The van der Waals surface area contributed by atoms with Crippen LogP contribution in [0.2, 0.25) is 0 Å². The molecular weight excluding hydrogens is 279 g/mol. The van der Waals surface area contributed by atoms with Gasteiger partial charge >= 0.3 is 6.18 Å². The molecule has 0 radical (unpaired) electrons. The standard InChI is InChI=1S/C16H24F3NO/c1-12(2)11-20-8-7-15(3,21)10-13-5-4-6-14(9-13)16(17,18)19/h4-6,9,12,20-21H,7-8,10-11H2,1-3H3. The highest BCUT2D eigenvalue weighted by molar-refractivity contribution is 5.26. The van der Waals surface area contributed by atoms with E-state index in [4.69, 9.17) is 0 Å². The lowest BCUT2D eigenvalue weighted by molar-refractivity contribution is -0.137. The summed E-state index contributed by atoms with van der Waals surface area (Å²) in [6, 6.07) is 5.15. The molecule has 0 bridgehead atoms. The minimum atomic E-state index is -4.35. The molecule has 1 rings (SSSR count). The highest BCUT2D eigenvalue weighted by atomic mass is 19.4. The maximum Gasteiger partial charge on any atom is 0.416 e. The summed E-state index contributed by atoms with van der Waals surface area (Å²) in [5.41, 5.74) is -1.19. The van der Waals surface area contributed by atoms with E-state index < -0.39 is 17.3 Å². The molecule has 1 aromatic carbocycles. The molecule has 0 spiro atoms. The molecule has 120 valence electrons. The van der Waals surface area contributed by atoms with Gasteiger partial charge in [-0.3, -0.25) is 0 Å². The second kappa shape index (κ2) is 7.27. The third-order valence-corrected chi connectivity index (χ3v) is 3.23. The largest absolute Gasteiger partial charge is 0.416 e. The number of aliphatic hydroxyl groups is 1. The van der Waals surface area contributed by atoms with Crippen LogP contribution in [-0.4, -0.2) is 23.8 Å². The Hall–Kier alpha value is -1.07. The monoisotopic (exact) mass is 303 g/mol. The first-order valence-corrected chi connectivity index (χ1v) is 7.19. The van der Waals surface area contributed by atoms with Crippen LogP contribution in [-0.2, 0) is 12.6 Å². The van der Waals surface area contributed by atoms with Gasteiger partial charge in [0, 0.05) is 6.42 Å². The van der Waals surface area contributed by atoms with Crippen LogP contribution in [0.5, 0.6) is 0 Å². The number of alkyl halides is 3. The van der Waals surface area contributed by atoms with Crippen LogP contribution < -0.4 is 5.32 Å². The minimum absolute atomic E-state index is 0.209. The van der Waals surface area contributed by atoms with Gasteiger partial charge in [0.05, 0.1) is 11.2 Å². The summed E-state index contributed by atoms with van der Waals surface area (Å²) in [7, 11) is 0. The third-order valence-electron chi connectivity index (χ3n) is 3.23. The summed E-state index contributed by atoms with van der Waals surface area (Å²) < 4.78 is 38.0. The van der Waals surface area contributed by atoms with E-state index in [9.17, 15) is 18.3 Å². The fourth-order valence-corrected chi connectivity index (χ4v) is 2.13. The zero-order valence-corrected chi connectivity index (χ0v) is 12.8. The Morgan fingerprint density at radius 1 is 1.24 bits per heavy atom. The molecule has 0 saturated carbocycles. The lowest BCUT2D eigenvalue weighted by atomic mass is 9.92. The second-order valence-corrected chi connectivity index (χ2v) is 6.22. The molecule has 0 aromatic heterocycles. The van der Waals surface area contributed by atoms with Crippen LogP contribution >= 0.6 is 0 Å². The molecule has 0 saturated heterocycles. The summed E-state index contributed by atoms with van der Waals surface area (Å²) >= 11 is 0. The van der Waals surface area contributed by atoms with Crippen LogP contribution in [0.25, 0.3) is 0 Å². The van der Waals surface area contributed by atoms with E-state index in [1.54, 1.807) is 13.0 Å². The van der Waals surface area contributed by atoms with Crippen molar-refractivity contribution in [2.24, 2.45) is 5.92 Å². The molecule has 2 nitrogen and oxygen atoms in total. The summed E-state index contributed by atoms with van der Waals surface area (Å²) in [6.07, 6.45) is -3.64. The maximum absolute atomic E-state index is 12.7. The smallest absolute Gasteiger partial charge is 0.390 e. The van der Waals surface area contributed by atoms with Crippen molar-refractivity contribution in [2.45, 2.75) is 45.4 Å². The van der Waals surface area contributed by atoms with Crippen LogP contribution in [0.3, 0.4) is 0 Å². The van der Waals surface area contributed by atoms with Gasteiger partial charge in [-0.05, 0) is 44.0 Å². The summed E-state index contributed by atoms with van der Waals surface area (Å²) in [6.45, 7) is 7.34. The van der Waals surface area contributed by atoms with Crippen LogP contribution in [0, 0.1) is 5.92 Å². The molecule has 0 aliphatic carbocycles. The molecule has 0 fully saturated rings. The van der Waals surface area contributed by atoms with E-state index in [2.05, 4.69) is 19.2 Å². The minimum Gasteiger partial charge on any atom is -0.390 e. The zero-order chi connectivity index (χ0) is 16.1. The number of halogens is 3. The van der Waals surface area contributed by atoms with Gasteiger partial charge in [-0.25, -0.2) is 0 Å². The van der Waals surface area contributed by atoms with Gasteiger partial charge in [0.2, 0.25) is 0 Å². The number of benzene rings is 1. The van der Waals surface area contributed by atoms with E-state index >= 15 is 0 Å². The van der Waals surface area contributed by atoms with Crippen molar-refractivity contribution in [3.8, 4) is 0 Å². The van der Waals surface area contributed by atoms with Crippen molar-refractivity contribution >= 4 is 0 Å². The Balaban J connectivity index is 2.58. The Kier molecular flexibility index (Phi) is 6.23. The molecule has 5 heteroatoms. The van der Waals surface area contributed by atoms with Crippen molar-refractivity contribution in [2.75, 3.05) is 13.1 Å². The van der Waals surface area contributed by atoms with Gasteiger partial charge in [-0.1, -0.05) is 32.0 Å². The molecule has 0 aliphatic heterocycles. The van der Waals surface area contributed by atoms with E-state index in [-0.39, 0.29) is 6.42 Å². The molecule has 1 atom stereocenters. The van der Waals surface area contributed by atoms with Crippen LogP contribution in [0.1, 0.15) is 38.3 Å². The average Bonchev–Trinajstić information content (AvgIpc) is 2.33. The third kappa shape index (κ3) is 6.96. The number of hydrogen-bond acceptors (Lipinski definition) is 2. The fourth-order valence-electron chi connectivity index (χ4n) is 2.13. The first-order valence-electron chi connectivity index (χ1n) is 7.19. The second-order valence-electron chi connectivity index (χ2n) is 6.22. The Bertz CT molecular complexity index is 441.